The van der Waals surface area contributed by atoms with E-state index in [-0.39, 0.29) is 15.2 Å². The number of hydrogen-bond donors (Lipinski definition) is 1. The number of carboxylic acid groups (broad SMARTS) is 1. The summed E-state index contributed by atoms with van der Waals surface area (Å²) in [5.41, 5.74) is 0. The largest absolute Gasteiger partial charge is 0.477 e. The van der Waals surface area contributed by atoms with Crippen molar-refractivity contribution in [2.24, 2.45) is 0 Å². The van der Waals surface area contributed by atoms with Gasteiger partial charge in [-0.3, -0.25) is 0 Å². The fourth-order valence-electron chi connectivity index (χ4n) is 0.923. The number of carbonyl (C=O) groups is 1. The fraction of sp³-hybridized carbons (Fsp3) is 0.429. The van der Waals surface area contributed by atoms with Crippen LogP contribution in [0, 0.1) is 0 Å². The van der Waals surface area contributed by atoms with Gasteiger partial charge in [-0.15, -0.1) is 0 Å². The van der Waals surface area contributed by atoms with Gasteiger partial charge in [0.15, 0.2) is 15.2 Å². The van der Waals surface area contributed by atoms with Crippen LogP contribution in [0.25, 0.3) is 0 Å². The number of hydrogen-bond acceptors (Lipinski definition) is 4. The Morgan fingerprint density at radius 3 is 2.56 bits per heavy atom. The van der Waals surface area contributed by atoms with Crippen molar-refractivity contribution in [3.8, 4) is 0 Å². The second-order valence-electron chi connectivity index (χ2n) is 2.89. The van der Waals surface area contributed by atoms with Gasteiger partial charge in [-0.25, -0.2) is 9.78 Å². The standard InChI is InChI=1S/C7H6ClF3N2O2S/c1-13(2-7(9,10)11)6-12-4(8)3(16-6)5(14)15/h2H2,1H3,(H,14,15). The van der Waals surface area contributed by atoms with Gasteiger partial charge in [-0.1, -0.05) is 22.9 Å². The van der Waals surface area contributed by atoms with Gasteiger partial charge >= 0.3 is 12.1 Å². The first-order chi connectivity index (χ1) is 7.20. The smallest absolute Gasteiger partial charge is 0.405 e. The highest BCUT2D eigenvalue weighted by Crippen LogP contribution is 2.30. The van der Waals surface area contributed by atoms with Gasteiger partial charge in [0, 0.05) is 7.05 Å². The number of carboxylic acids is 1. The highest BCUT2D eigenvalue weighted by molar-refractivity contribution is 7.18. The quantitative estimate of drug-likeness (QED) is 0.920. The molecular formula is C7H6ClF3N2O2S. The third kappa shape index (κ3) is 3.24. The molecule has 0 unspecified atom stereocenters. The molecule has 4 nitrogen and oxygen atoms in total. The van der Waals surface area contributed by atoms with Crippen LogP contribution in [0.5, 0.6) is 0 Å². The molecule has 1 aromatic heterocycles. The summed E-state index contributed by atoms with van der Waals surface area (Å²) in [5, 5.41) is 8.25. The molecule has 0 aliphatic heterocycles. The Morgan fingerprint density at radius 1 is 1.62 bits per heavy atom. The molecule has 9 heteroatoms. The highest BCUT2D eigenvalue weighted by Gasteiger charge is 2.31. The Hall–Kier alpha value is -1.02. The molecule has 0 amide bonds. The van der Waals surface area contributed by atoms with Crippen LogP contribution < -0.4 is 4.90 Å². The van der Waals surface area contributed by atoms with Crippen molar-refractivity contribution in [2.45, 2.75) is 6.18 Å². The van der Waals surface area contributed by atoms with Gasteiger partial charge < -0.3 is 10.0 Å². The molecule has 90 valence electrons. The maximum absolute atomic E-state index is 12.0. The minimum absolute atomic E-state index is 0.0836. The molecule has 0 saturated heterocycles. The zero-order valence-corrected chi connectivity index (χ0v) is 9.45. The minimum Gasteiger partial charge on any atom is -0.477 e. The van der Waals surface area contributed by atoms with E-state index in [4.69, 9.17) is 16.7 Å². The average molecular weight is 275 g/mol. The van der Waals surface area contributed by atoms with Crippen LogP contribution >= 0.6 is 22.9 Å². The lowest BCUT2D eigenvalue weighted by molar-refractivity contribution is -0.119. The topological polar surface area (TPSA) is 53.4 Å². The number of halogens is 4. The van der Waals surface area contributed by atoms with Crippen LogP contribution in [0.1, 0.15) is 9.67 Å². The van der Waals surface area contributed by atoms with Crippen molar-refractivity contribution in [3.63, 3.8) is 0 Å². The second-order valence-corrected chi connectivity index (χ2v) is 4.23. The third-order valence-corrected chi connectivity index (χ3v) is 3.05. The molecule has 1 aromatic rings. The van der Waals surface area contributed by atoms with Crippen LogP contribution in [-0.2, 0) is 0 Å². The molecule has 1 rings (SSSR count). The summed E-state index contributed by atoms with van der Waals surface area (Å²) >= 11 is 6.07. The van der Waals surface area contributed by atoms with E-state index in [1.54, 1.807) is 0 Å². The van der Waals surface area contributed by atoms with Gasteiger partial charge in [0.1, 0.15) is 6.54 Å². The normalized spacial score (nSPS) is 11.6. The van der Waals surface area contributed by atoms with Crippen LogP contribution in [-0.4, -0.2) is 35.8 Å². The summed E-state index contributed by atoms with van der Waals surface area (Å²) < 4.78 is 36.1. The molecule has 0 fully saturated rings. The van der Waals surface area contributed by atoms with Crippen molar-refractivity contribution < 1.29 is 23.1 Å². The summed E-state index contributed by atoms with van der Waals surface area (Å²) in [6.07, 6.45) is -4.38. The first-order valence-corrected chi connectivity index (χ1v) is 5.07. The predicted molar refractivity (Wildman–Crippen MR) is 53.4 cm³/mol. The molecule has 0 saturated carbocycles. The molecule has 0 spiro atoms. The van der Waals surface area contributed by atoms with Crippen molar-refractivity contribution in [2.75, 3.05) is 18.5 Å². The lowest BCUT2D eigenvalue weighted by Crippen LogP contribution is -2.30. The van der Waals surface area contributed by atoms with E-state index in [0.29, 0.717) is 11.3 Å². The van der Waals surface area contributed by atoms with Crippen LogP contribution in [0.2, 0.25) is 5.15 Å². The molecule has 0 radical (unpaired) electrons. The minimum atomic E-state index is -4.38. The van der Waals surface area contributed by atoms with E-state index in [2.05, 4.69) is 4.98 Å². The van der Waals surface area contributed by atoms with E-state index in [1.165, 1.54) is 0 Å². The number of anilines is 1. The van der Waals surface area contributed by atoms with Crippen LogP contribution in [0.3, 0.4) is 0 Å². The Kier molecular flexibility index (Phi) is 3.64. The number of thiazole rings is 1. The SMILES string of the molecule is CN(CC(F)(F)F)c1nc(Cl)c(C(=O)O)s1. The van der Waals surface area contributed by atoms with Gasteiger partial charge in [0.05, 0.1) is 0 Å². The van der Waals surface area contributed by atoms with E-state index < -0.39 is 18.7 Å². The molecule has 0 atom stereocenters. The monoisotopic (exact) mass is 274 g/mol. The van der Waals surface area contributed by atoms with Gasteiger partial charge in [0.25, 0.3) is 0 Å². The summed E-state index contributed by atoms with van der Waals surface area (Å²) in [7, 11) is 1.16. The Balaban J connectivity index is 2.89. The van der Waals surface area contributed by atoms with Gasteiger partial charge in [-0.05, 0) is 0 Å². The maximum Gasteiger partial charge on any atom is 0.405 e. The second kappa shape index (κ2) is 4.46. The lowest BCUT2D eigenvalue weighted by atomic mass is 10.5. The van der Waals surface area contributed by atoms with Gasteiger partial charge in [-0.2, -0.15) is 13.2 Å². The summed E-state index contributed by atoms with van der Waals surface area (Å²) in [6.45, 7) is -1.21. The number of aromatic nitrogens is 1. The average Bonchev–Trinajstić information content (AvgIpc) is 2.44. The van der Waals surface area contributed by atoms with E-state index in [1.807, 2.05) is 0 Å². The molecule has 16 heavy (non-hydrogen) atoms. The summed E-state index contributed by atoms with van der Waals surface area (Å²) in [5.74, 6) is -1.31. The number of nitrogens with zero attached hydrogens (tertiary/aromatic N) is 2. The lowest BCUT2D eigenvalue weighted by Gasteiger charge is -2.17. The van der Waals surface area contributed by atoms with Crippen molar-refractivity contribution in [1.82, 2.24) is 4.98 Å². The Morgan fingerprint density at radius 2 is 2.19 bits per heavy atom. The highest BCUT2D eigenvalue weighted by atomic mass is 35.5. The Bertz CT molecular complexity index is 407. The first-order valence-electron chi connectivity index (χ1n) is 3.88. The molecule has 0 bridgehead atoms. The Labute approximate surface area is 97.3 Å². The predicted octanol–water partition coefficient (Wildman–Crippen LogP) is 2.49. The number of rotatable bonds is 3. The van der Waals surface area contributed by atoms with E-state index in [0.717, 1.165) is 11.9 Å². The molecule has 1 N–H and O–H groups in total. The van der Waals surface area contributed by atoms with Crippen molar-refractivity contribution in [3.05, 3.63) is 10.0 Å². The van der Waals surface area contributed by atoms with E-state index >= 15 is 0 Å². The van der Waals surface area contributed by atoms with Crippen LogP contribution in [0.15, 0.2) is 0 Å². The molecule has 0 aliphatic rings. The summed E-state index contributed by atoms with van der Waals surface area (Å²) in [4.78, 5) is 14.7. The maximum atomic E-state index is 12.0. The zero-order valence-electron chi connectivity index (χ0n) is 7.88. The zero-order chi connectivity index (χ0) is 12.5. The van der Waals surface area contributed by atoms with Gasteiger partial charge in [0.2, 0.25) is 0 Å². The summed E-state index contributed by atoms with van der Waals surface area (Å²) in [6, 6.07) is 0. The number of alkyl halides is 3. The van der Waals surface area contributed by atoms with Crippen molar-refractivity contribution >= 4 is 34.0 Å². The first kappa shape index (κ1) is 13.0. The van der Waals surface area contributed by atoms with Crippen LogP contribution in [0.4, 0.5) is 18.3 Å². The third-order valence-electron chi connectivity index (χ3n) is 1.51. The molecular weight excluding hydrogens is 269 g/mol. The molecule has 0 aliphatic carbocycles. The number of aromatic carboxylic acids is 1. The van der Waals surface area contributed by atoms with Crippen molar-refractivity contribution in [1.29, 1.82) is 0 Å². The molecule has 0 aromatic carbocycles. The molecule has 1 heterocycles. The van der Waals surface area contributed by atoms with E-state index in [9.17, 15) is 18.0 Å². The fourth-order valence-corrected chi connectivity index (χ4v) is 2.01.